The Morgan fingerprint density at radius 2 is 1.85 bits per heavy atom. The minimum atomic E-state index is -0.431. The Balaban J connectivity index is 1.56. The highest BCUT2D eigenvalue weighted by Gasteiger charge is 1.99. The van der Waals surface area contributed by atoms with E-state index >= 15 is 0 Å². The van der Waals surface area contributed by atoms with Crippen LogP contribution < -0.4 is 10.2 Å². The largest absolute Gasteiger partial charge is 0.489 e. The van der Waals surface area contributed by atoms with Crippen molar-refractivity contribution in [1.29, 1.82) is 5.26 Å². The summed E-state index contributed by atoms with van der Waals surface area (Å²) >= 11 is 0. The maximum Gasteiger partial charge on any atom is 0.254 e. The van der Waals surface area contributed by atoms with Crippen molar-refractivity contribution in [2.75, 3.05) is 0 Å². The Hall–Kier alpha value is -3.65. The van der Waals surface area contributed by atoms with E-state index in [2.05, 4.69) is 40.9 Å². The van der Waals surface area contributed by atoms with Crippen LogP contribution in [0.25, 0.3) is 10.8 Å². The van der Waals surface area contributed by atoms with E-state index in [9.17, 15) is 4.79 Å². The number of nitrogens with zero attached hydrogens (tertiary/aromatic N) is 2. The van der Waals surface area contributed by atoms with Crippen molar-refractivity contribution in [3.63, 3.8) is 0 Å². The van der Waals surface area contributed by atoms with Crippen molar-refractivity contribution in [1.82, 2.24) is 5.43 Å². The predicted molar refractivity (Wildman–Crippen MR) is 101 cm³/mol. The molecule has 0 heterocycles. The second-order valence-corrected chi connectivity index (χ2v) is 5.67. The molecular weight excluding hydrogens is 326 g/mol. The molecule has 0 spiro atoms. The van der Waals surface area contributed by atoms with Gasteiger partial charge in [-0.05, 0) is 52.2 Å². The highest BCUT2D eigenvalue weighted by atomic mass is 16.5. The van der Waals surface area contributed by atoms with E-state index in [0.29, 0.717) is 6.61 Å². The molecule has 5 nitrogen and oxygen atoms in total. The smallest absolute Gasteiger partial charge is 0.254 e. The van der Waals surface area contributed by atoms with Gasteiger partial charge < -0.3 is 4.74 Å². The van der Waals surface area contributed by atoms with Crippen LogP contribution in [0.5, 0.6) is 5.75 Å². The molecule has 3 rings (SSSR count). The van der Waals surface area contributed by atoms with Crippen LogP contribution >= 0.6 is 0 Å². The van der Waals surface area contributed by atoms with Crippen LogP contribution in [0.3, 0.4) is 0 Å². The number of rotatable bonds is 6. The normalized spacial score (nSPS) is 10.6. The van der Waals surface area contributed by atoms with Gasteiger partial charge in [-0.3, -0.25) is 4.79 Å². The molecule has 5 heteroatoms. The third-order valence-electron chi connectivity index (χ3n) is 3.74. The number of fused-ring (bicyclic) bond motifs is 1. The first-order valence-electron chi connectivity index (χ1n) is 8.14. The quantitative estimate of drug-likeness (QED) is 0.547. The zero-order valence-electron chi connectivity index (χ0n) is 14.1. The van der Waals surface area contributed by atoms with Gasteiger partial charge in [0.2, 0.25) is 0 Å². The molecule has 0 saturated carbocycles. The molecule has 0 aliphatic heterocycles. The fourth-order valence-corrected chi connectivity index (χ4v) is 2.44. The Bertz CT molecular complexity index is 972. The molecule has 26 heavy (non-hydrogen) atoms. The molecule has 0 bridgehead atoms. The number of nitrogens with one attached hydrogen (secondary N) is 1. The molecule has 0 fully saturated rings. The van der Waals surface area contributed by atoms with E-state index < -0.39 is 5.91 Å². The van der Waals surface area contributed by atoms with E-state index in [1.165, 1.54) is 17.0 Å². The number of carbonyl (C=O) groups is 1. The lowest BCUT2D eigenvalue weighted by Gasteiger charge is -2.07. The van der Waals surface area contributed by atoms with Crippen molar-refractivity contribution in [3.8, 4) is 11.8 Å². The minimum Gasteiger partial charge on any atom is -0.489 e. The van der Waals surface area contributed by atoms with Crippen LogP contribution in [0.15, 0.2) is 71.8 Å². The van der Waals surface area contributed by atoms with Crippen LogP contribution in [-0.4, -0.2) is 12.1 Å². The summed E-state index contributed by atoms with van der Waals surface area (Å²) < 4.78 is 5.82. The lowest BCUT2D eigenvalue weighted by Crippen LogP contribution is -2.16. The summed E-state index contributed by atoms with van der Waals surface area (Å²) in [4.78, 5) is 11.1. The maximum atomic E-state index is 11.1. The average molecular weight is 343 g/mol. The highest BCUT2D eigenvalue weighted by Crippen LogP contribution is 2.18. The van der Waals surface area contributed by atoms with Gasteiger partial charge in [0.1, 0.15) is 18.8 Å². The average Bonchev–Trinajstić information content (AvgIpc) is 2.67. The van der Waals surface area contributed by atoms with Gasteiger partial charge in [-0.15, -0.1) is 0 Å². The standard InChI is InChI=1S/C21H17N3O2/c22-12-11-21(25)24-23-14-16-6-9-20(10-7-16)26-15-17-5-8-18-3-1-2-4-19(18)13-17/h1-10,13-14H,11,15H2,(H,24,25). The molecule has 0 radical (unpaired) electrons. The monoisotopic (exact) mass is 343 g/mol. The molecule has 1 amide bonds. The molecule has 3 aromatic carbocycles. The summed E-state index contributed by atoms with van der Waals surface area (Å²) in [5, 5.41) is 14.6. The van der Waals surface area contributed by atoms with Crippen molar-refractivity contribution in [3.05, 3.63) is 77.9 Å². The summed E-state index contributed by atoms with van der Waals surface area (Å²) in [6.07, 6.45) is 1.31. The molecular formula is C21H17N3O2. The van der Waals surface area contributed by atoms with Crippen LogP contribution in [0, 0.1) is 11.3 Å². The molecule has 0 atom stereocenters. The fourth-order valence-electron chi connectivity index (χ4n) is 2.44. The van der Waals surface area contributed by atoms with Gasteiger partial charge >= 0.3 is 0 Å². The van der Waals surface area contributed by atoms with Gasteiger partial charge in [0.25, 0.3) is 5.91 Å². The second-order valence-electron chi connectivity index (χ2n) is 5.67. The number of hydrogen-bond acceptors (Lipinski definition) is 4. The number of ether oxygens (including phenoxy) is 1. The van der Waals surface area contributed by atoms with Crippen molar-refractivity contribution < 1.29 is 9.53 Å². The van der Waals surface area contributed by atoms with Gasteiger partial charge in [-0.2, -0.15) is 10.4 Å². The minimum absolute atomic E-state index is 0.209. The summed E-state index contributed by atoms with van der Waals surface area (Å²) in [6, 6.07) is 23.6. The number of benzene rings is 3. The third-order valence-corrected chi connectivity index (χ3v) is 3.74. The predicted octanol–water partition coefficient (Wildman–Crippen LogP) is 3.78. The fraction of sp³-hybridized carbons (Fsp3) is 0.0952. The van der Waals surface area contributed by atoms with Crippen LogP contribution in [-0.2, 0) is 11.4 Å². The number of nitriles is 1. The Morgan fingerprint density at radius 1 is 1.08 bits per heavy atom. The second kappa shape index (κ2) is 8.45. The summed E-state index contributed by atoms with van der Waals surface area (Å²) in [6.45, 7) is 0.489. The highest BCUT2D eigenvalue weighted by molar-refractivity contribution is 5.83. The Labute approximate surface area is 151 Å². The number of hydrogen-bond donors (Lipinski definition) is 1. The van der Waals surface area contributed by atoms with E-state index in [1.807, 2.05) is 36.4 Å². The summed E-state index contributed by atoms with van der Waals surface area (Å²) in [5.74, 6) is 0.322. The van der Waals surface area contributed by atoms with Crippen molar-refractivity contribution in [2.24, 2.45) is 5.10 Å². The lowest BCUT2D eigenvalue weighted by molar-refractivity contribution is -0.120. The summed E-state index contributed by atoms with van der Waals surface area (Å²) in [5.41, 5.74) is 4.21. The van der Waals surface area contributed by atoms with Gasteiger partial charge in [0, 0.05) is 0 Å². The van der Waals surface area contributed by atoms with Gasteiger partial charge in [-0.25, -0.2) is 5.43 Å². The molecule has 0 aliphatic rings. The zero-order valence-corrected chi connectivity index (χ0v) is 14.1. The molecule has 0 unspecified atom stereocenters. The van der Waals surface area contributed by atoms with Gasteiger partial charge in [0.05, 0.1) is 12.3 Å². The first-order chi connectivity index (χ1) is 12.7. The van der Waals surface area contributed by atoms with Gasteiger partial charge in [0.15, 0.2) is 0 Å². The molecule has 1 N–H and O–H groups in total. The molecule has 3 aromatic rings. The number of hydrazone groups is 1. The molecule has 0 saturated heterocycles. The van der Waals surface area contributed by atoms with Crippen molar-refractivity contribution >= 4 is 22.9 Å². The summed E-state index contributed by atoms with van der Waals surface area (Å²) in [7, 11) is 0. The number of amides is 1. The maximum absolute atomic E-state index is 11.1. The third kappa shape index (κ3) is 4.68. The van der Waals surface area contributed by atoms with E-state index in [-0.39, 0.29) is 6.42 Å². The number of carbonyl (C=O) groups excluding carboxylic acids is 1. The van der Waals surface area contributed by atoms with Crippen molar-refractivity contribution in [2.45, 2.75) is 13.0 Å². The topological polar surface area (TPSA) is 74.5 Å². The molecule has 0 aromatic heterocycles. The lowest BCUT2D eigenvalue weighted by atomic mass is 10.1. The van der Waals surface area contributed by atoms with Crippen LogP contribution in [0.1, 0.15) is 17.5 Å². The van der Waals surface area contributed by atoms with Crippen LogP contribution in [0.4, 0.5) is 0 Å². The molecule has 0 aliphatic carbocycles. The van der Waals surface area contributed by atoms with E-state index in [0.717, 1.165) is 16.9 Å². The zero-order chi connectivity index (χ0) is 18.2. The first-order valence-corrected chi connectivity index (χ1v) is 8.14. The van der Waals surface area contributed by atoms with Crippen LogP contribution in [0.2, 0.25) is 0 Å². The van der Waals surface area contributed by atoms with Gasteiger partial charge in [-0.1, -0.05) is 36.4 Å². The SMILES string of the molecule is N#CCC(=O)NN=Cc1ccc(OCc2ccc3ccccc3c2)cc1. The first kappa shape index (κ1) is 17.2. The van der Waals surface area contributed by atoms with E-state index in [1.54, 1.807) is 6.07 Å². The Kier molecular flexibility index (Phi) is 5.58. The van der Waals surface area contributed by atoms with E-state index in [4.69, 9.17) is 10.00 Å². The Morgan fingerprint density at radius 3 is 2.62 bits per heavy atom. The molecule has 128 valence electrons.